The lowest BCUT2D eigenvalue weighted by Crippen LogP contribution is -2.41. The van der Waals surface area contributed by atoms with Crippen LogP contribution in [-0.4, -0.2) is 21.2 Å². The zero-order chi connectivity index (χ0) is 23.4. The summed E-state index contributed by atoms with van der Waals surface area (Å²) in [6.07, 6.45) is 0. The van der Waals surface area contributed by atoms with E-state index in [0.29, 0.717) is 17.4 Å². The van der Waals surface area contributed by atoms with E-state index in [-0.39, 0.29) is 24.5 Å². The number of hydrogen-bond donors (Lipinski definition) is 2. The van der Waals surface area contributed by atoms with Crippen LogP contribution in [0, 0.1) is 0 Å². The van der Waals surface area contributed by atoms with Crippen molar-refractivity contribution in [2.24, 2.45) is 0 Å². The van der Waals surface area contributed by atoms with E-state index in [1.54, 1.807) is 19.4 Å². The summed E-state index contributed by atoms with van der Waals surface area (Å²) < 4.78 is 8.01. The monoisotopic (exact) mass is 463 g/mol. The number of thiazole rings is 1. The van der Waals surface area contributed by atoms with Crippen molar-refractivity contribution < 1.29 is 4.74 Å². The van der Waals surface area contributed by atoms with Crippen molar-refractivity contribution in [1.29, 1.82) is 0 Å². The normalized spacial score (nSPS) is 10.8. The van der Waals surface area contributed by atoms with Gasteiger partial charge >= 0.3 is 5.69 Å². The fraction of sp³-hybridized carbons (Fsp3) is 0.208. The zero-order valence-corrected chi connectivity index (χ0v) is 19.3. The molecule has 170 valence electrons. The lowest BCUT2D eigenvalue weighted by Gasteiger charge is -2.15. The number of anilines is 2. The first-order chi connectivity index (χ1) is 16.0. The number of methoxy groups -OCH3 is 1. The molecule has 0 aliphatic carbocycles. The molecule has 0 aliphatic heterocycles. The number of benzene rings is 2. The third kappa shape index (κ3) is 4.54. The highest BCUT2D eigenvalue weighted by Gasteiger charge is 2.20. The maximum Gasteiger partial charge on any atom is 0.332 e. The molecule has 0 unspecified atom stereocenters. The van der Waals surface area contributed by atoms with Crippen LogP contribution < -0.4 is 27.0 Å². The minimum absolute atomic E-state index is 0.111. The molecule has 0 atom stereocenters. The van der Waals surface area contributed by atoms with Crippen LogP contribution in [0.4, 0.5) is 10.9 Å². The Morgan fingerprint density at radius 2 is 1.79 bits per heavy atom. The summed E-state index contributed by atoms with van der Waals surface area (Å²) in [5.41, 5.74) is 8.08. The van der Waals surface area contributed by atoms with Crippen molar-refractivity contribution in [2.75, 3.05) is 18.2 Å². The second kappa shape index (κ2) is 9.74. The van der Waals surface area contributed by atoms with Crippen molar-refractivity contribution in [1.82, 2.24) is 14.1 Å². The second-order valence-corrected chi connectivity index (χ2v) is 8.23. The average molecular weight is 464 g/mol. The molecule has 0 saturated heterocycles. The van der Waals surface area contributed by atoms with Crippen LogP contribution in [0.25, 0.3) is 11.3 Å². The molecule has 4 aromatic rings. The van der Waals surface area contributed by atoms with E-state index < -0.39 is 11.2 Å². The molecule has 8 nitrogen and oxygen atoms in total. The molecule has 33 heavy (non-hydrogen) atoms. The Bertz CT molecular complexity index is 1380. The third-order valence-corrected chi connectivity index (χ3v) is 6.15. The van der Waals surface area contributed by atoms with Gasteiger partial charge < -0.3 is 15.8 Å². The maximum atomic E-state index is 13.1. The minimum Gasteiger partial charge on any atom is -0.496 e. The van der Waals surface area contributed by atoms with Gasteiger partial charge in [-0.05, 0) is 18.6 Å². The Hall–Kier alpha value is -3.85. The summed E-state index contributed by atoms with van der Waals surface area (Å²) in [7, 11) is 1.63. The molecule has 0 bridgehead atoms. The van der Waals surface area contributed by atoms with E-state index in [4.69, 9.17) is 10.5 Å². The summed E-state index contributed by atoms with van der Waals surface area (Å²) in [6, 6.07) is 17.2. The fourth-order valence-corrected chi connectivity index (χ4v) is 4.34. The van der Waals surface area contributed by atoms with Crippen molar-refractivity contribution in [3.05, 3.63) is 91.9 Å². The molecule has 0 amide bonds. The van der Waals surface area contributed by atoms with Crippen molar-refractivity contribution in [2.45, 2.75) is 26.6 Å². The Kier molecular flexibility index (Phi) is 6.60. The first kappa shape index (κ1) is 22.3. The Labute approximate surface area is 194 Å². The fourth-order valence-electron chi connectivity index (χ4n) is 3.64. The molecular formula is C24H25N5O3S. The largest absolute Gasteiger partial charge is 0.496 e. The summed E-state index contributed by atoms with van der Waals surface area (Å²) in [5, 5.41) is 5.68. The standard InChI is InChI=1S/C24H25N5O3S/c1-3-28-22(30)20(21(25)29(24(28)31)14-16-9-5-4-6-10-16)18-15-33-23(27-18)26-13-17-11-7-8-12-19(17)32-2/h4-12,15H,3,13-14,25H2,1-2H3,(H,26,27). The quantitative estimate of drug-likeness (QED) is 0.415. The topological polar surface area (TPSA) is 104 Å². The summed E-state index contributed by atoms with van der Waals surface area (Å²) in [5.74, 6) is 0.893. The van der Waals surface area contributed by atoms with Crippen LogP contribution in [0.5, 0.6) is 5.75 Å². The molecule has 4 rings (SSSR count). The van der Waals surface area contributed by atoms with Crippen molar-refractivity contribution in [3.8, 4) is 17.0 Å². The molecule has 0 spiro atoms. The van der Waals surface area contributed by atoms with Crippen LogP contribution in [0.15, 0.2) is 69.6 Å². The number of nitrogen functional groups attached to an aromatic ring is 1. The number of nitrogens with two attached hydrogens (primary N) is 1. The minimum atomic E-state index is -0.439. The molecule has 2 aromatic heterocycles. The highest BCUT2D eigenvalue weighted by Crippen LogP contribution is 2.27. The molecule has 0 radical (unpaired) electrons. The lowest BCUT2D eigenvalue weighted by atomic mass is 10.2. The number of nitrogens with zero attached hydrogens (tertiary/aromatic N) is 3. The Morgan fingerprint density at radius 1 is 1.06 bits per heavy atom. The Morgan fingerprint density at radius 3 is 2.52 bits per heavy atom. The molecule has 0 saturated carbocycles. The highest BCUT2D eigenvalue weighted by molar-refractivity contribution is 7.14. The van der Waals surface area contributed by atoms with Gasteiger partial charge in [-0.15, -0.1) is 11.3 Å². The first-order valence-corrected chi connectivity index (χ1v) is 11.4. The number of nitrogens with one attached hydrogen (secondary N) is 1. The summed E-state index contributed by atoms with van der Waals surface area (Å²) in [6.45, 7) is 2.78. The summed E-state index contributed by atoms with van der Waals surface area (Å²) >= 11 is 1.37. The van der Waals surface area contributed by atoms with Crippen LogP contribution >= 0.6 is 11.3 Å². The van der Waals surface area contributed by atoms with Gasteiger partial charge in [0, 0.05) is 24.0 Å². The van der Waals surface area contributed by atoms with E-state index in [1.807, 2.05) is 54.6 Å². The number of hydrogen-bond acceptors (Lipinski definition) is 7. The van der Waals surface area contributed by atoms with Gasteiger partial charge in [0.2, 0.25) is 0 Å². The van der Waals surface area contributed by atoms with Gasteiger partial charge in [0.1, 0.15) is 17.1 Å². The first-order valence-electron chi connectivity index (χ1n) is 10.5. The smallest absolute Gasteiger partial charge is 0.332 e. The molecule has 0 aliphatic rings. The number of rotatable bonds is 8. The molecule has 2 aromatic carbocycles. The zero-order valence-electron chi connectivity index (χ0n) is 18.4. The van der Waals surface area contributed by atoms with E-state index >= 15 is 0 Å². The van der Waals surface area contributed by atoms with Gasteiger partial charge in [-0.1, -0.05) is 48.5 Å². The highest BCUT2D eigenvalue weighted by atomic mass is 32.1. The van der Waals surface area contributed by atoms with Crippen LogP contribution in [0.2, 0.25) is 0 Å². The third-order valence-electron chi connectivity index (χ3n) is 5.35. The molecule has 2 heterocycles. The SMILES string of the molecule is CCn1c(=O)c(-c2csc(NCc3ccccc3OC)n2)c(N)n(Cc2ccccc2)c1=O. The molecule has 0 fully saturated rings. The predicted octanol–water partition coefficient (Wildman–Crippen LogP) is 3.40. The molecular weight excluding hydrogens is 438 g/mol. The van der Waals surface area contributed by atoms with Gasteiger partial charge in [-0.25, -0.2) is 9.78 Å². The van der Waals surface area contributed by atoms with Crippen molar-refractivity contribution >= 4 is 22.3 Å². The van der Waals surface area contributed by atoms with E-state index in [2.05, 4.69) is 10.3 Å². The average Bonchev–Trinajstić information content (AvgIpc) is 3.30. The number of ether oxygens (including phenoxy) is 1. The van der Waals surface area contributed by atoms with Crippen LogP contribution in [-0.2, 0) is 19.6 Å². The lowest BCUT2D eigenvalue weighted by molar-refractivity contribution is 0.410. The van der Waals surface area contributed by atoms with Gasteiger partial charge in [0.15, 0.2) is 5.13 Å². The van der Waals surface area contributed by atoms with Crippen LogP contribution in [0.1, 0.15) is 18.1 Å². The van der Waals surface area contributed by atoms with Gasteiger partial charge in [-0.3, -0.25) is 13.9 Å². The maximum absolute atomic E-state index is 13.1. The second-order valence-electron chi connectivity index (χ2n) is 7.37. The van der Waals surface area contributed by atoms with Gasteiger partial charge in [0.05, 0.1) is 19.3 Å². The Balaban J connectivity index is 1.69. The number of para-hydroxylation sites is 1. The predicted molar refractivity (Wildman–Crippen MR) is 132 cm³/mol. The number of aromatic nitrogens is 3. The van der Waals surface area contributed by atoms with Gasteiger partial charge in [-0.2, -0.15) is 0 Å². The van der Waals surface area contributed by atoms with E-state index in [9.17, 15) is 9.59 Å². The van der Waals surface area contributed by atoms with E-state index in [1.165, 1.54) is 20.5 Å². The van der Waals surface area contributed by atoms with Crippen molar-refractivity contribution in [3.63, 3.8) is 0 Å². The molecule has 3 N–H and O–H groups in total. The van der Waals surface area contributed by atoms with Crippen LogP contribution in [0.3, 0.4) is 0 Å². The van der Waals surface area contributed by atoms with E-state index in [0.717, 1.165) is 16.9 Å². The molecule has 9 heteroatoms. The van der Waals surface area contributed by atoms with Gasteiger partial charge in [0.25, 0.3) is 5.56 Å². The summed E-state index contributed by atoms with van der Waals surface area (Å²) in [4.78, 5) is 30.7.